The molecular formula is C16H27F2N3. The second-order valence-electron chi connectivity index (χ2n) is 5.93. The maximum atomic E-state index is 13.4. The van der Waals surface area contributed by atoms with Crippen molar-refractivity contribution in [3.8, 4) is 0 Å². The lowest BCUT2D eigenvalue weighted by molar-refractivity contribution is 0.00501. The van der Waals surface area contributed by atoms with Crippen molar-refractivity contribution in [1.82, 2.24) is 15.1 Å². The number of nitrogens with one attached hydrogen (secondary N) is 1. The van der Waals surface area contributed by atoms with Crippen LogP contribution in [0, 0.1) is 6.92 Å². The molecule has 5 heteroatoms. The van der Waals surface area contributed by atoms with Gasteiger partial charge in [-0.15, -0.1) is 0 Å². The number of aryl methyl sites for hydroxylation is 1. The number of alkyl halides is 2. The molecule has 1 unspecified atom stereocenters. The van der Waals surface area contributed by atoms with E-state index >= 15 is 0 Å². The Hall–Kier alpha value is -0.970. The minimum atomic E-state index is -2.50. The second-order valence-corrected chi connectivity index (χ2v) is 5.93. The van der Waals surface area contributed by atoms with E-state index in [1.807, 2.05) is 25.5 Å². The molecule has 1 N–H and O–H groups in total. The Labute approximate surface area is 126 Å². The Kier molecular flexibility index (Phi) is 5.36. The van der Waals surface area contributed by atoms with Gasteiger partial charge in [-0.25, -0.2) is 8.78 Å². The van der Waals surface area contributed by atoms with Crippen molar-refractivity contribution in [3.05, 3.63) is 17.5 Å². The van der Waals surface area contributed by atoms with E-state index < -0.39 is 5.92 Å². The summed E-state index contributed by atoms with van der Waals surface area (Å²) in [4.78, 5) is 0. The molecular weight excluding hydrogens is 272 g/mol. The zero-order valence-corrected chi connectivity index (χ0v) is 13.3. The van der Waals surface area contributed by atoms with E-state index in [1.165, 1.54) is 5.69 Å². The second kappa shape index (κ2) is 6.86. The number of halogens is 2. The number of aromatic nitrogens is 2. The Morgan fingerprint density at radius 2 is 1.90 bits per heavy atom. The minimum absolute atomic E-state index is 0.00222. The average molecular weight is 299 g/mol. The molecule has 2 heterocycles. The molecule has 3 nitrogen and oxygen atoms in total. The Morgan fingerprint density at radius 3 is 2.48 bits per heavy atom. The summed E-state index contributed by atoms with van der Waals surface area (Å²) < 4.78 is 28.7. The van der Waals surface area contributed by atoms with Gasteiger partial charge in [0.25, 0.3) is 0 Å². The third kappa shape index (κ3) is 3.82. The van der Waals surface area contributed by atoms with E-state index in [0.717, 1.165) is 31.6 Å². The quantitative estimate of drug-likeness (QED) is 0.893. The fourth-order valence-electron chi connectivity index (χ4n) is 3.39. The van der Waals surface area contributed by atoms with Crippen molar-refractivity contribution in [1.29, 1.82) is 0 Å². The van der Waals surface area contributed by atoms with Crippen LogP contribution in [0.2, 0.25) is 0 Å². The fraction of sp³-hybridized carbons (Fsp3) is 0.812. The highest BCUT2D eigenvalue weighted by Gasteiger charge is 2.41. The first kappa shape index (κ1) is 16.4. The highest BCUT2D eigenvalue weighted by atomic mass is 19.3. The molecule has 1 aromatic rings. The van der Waals surface area contributed by atoms with Crippen LogP contribution < -0.4 is 5.32 Å². The van der Waals surface area contributed by atoms with Crippen molar-refractivity contribution in [2.45, 2.75) is 70.8 Å². The van der Waals surface area contributed by atoms with Gasteiger partial charge in [0.1, 0.15) is 0 Å². The maximum Gasteiger partial charge on any atom is 0.250 e. The Bertz CT molecular complexity index is 450. The molecule has 0 amide bonds. The predicted molar refractivity (Wildman–Crippen MR) is 81.0 cm³/mol. The topological polar surface area (TPSA) is 29.9 Å². The molecule has 1 saturated carbocycles. The van der Waals surface area contributed by atoms with Gasteiger partial charge in [-0.3, -0.25) is 4.68 Å². The summed E-state index contributed by atoms with van der Waals surface area (Å²) in [6, 6.07) is 1.97. The highest BCUT2D eigenvalue weighted by molar-refractivity contribution is 5.16. The molecule has 1 aromatic heterocycles. The third-order valence-corrected chi connectivity index (χ3v) is 4.37. The van der Waals surface area contributed by atoms with Crippen molar-refractivity contribution < 1.29 is 8.78 Å². The summed E-state index contributed by atoms with van der Waals surface area (Å²) >= 11 is 0. The molecule has 3 rings (SSSR count). The van der Waals surface area contributed by atoms with Crippen LogP contribution in [-0.4, -0.2) is 28.8 Å². The number of nitrogens with zero attached hydrogens (tertiary/aromatic N) is 2. The van der Waals surface area contributed by atoms with Crippen molar-refractivity contribution in [2.24, 2.45) is 0 Å². The lowest BCUT2D eigenvalue weighted by Gasteiger charge is -2.25. The summed E-state index contributed by atoms with van der Waals surface area (Å²) in [6.07, 6.45) is 2.66. The van der Waals surface area contributed by atoms with Crippen LogP contribution in [0.1, 0.15) is 69.3 Å². The molecule has 1 saturated heterocycles. The van der Waals surface area contributed by atoms with Crippen molar-refractivity contribution in [2.75, 3.05) is 13.1 Å². The Morgan fingerprint density at radius 1 is 1.24 bits per heavy atom. The van der Waals surface area contributed by atoms with Crippen molar-refractivity contribution >= 4 is 0 Å². The van der Waals surface area contributed by atoms with Gasteiger partial charge in [0.2, 0.25) is 5.92 Å². The third-order valence-electron chi connectivity index (χ3n) is 4.37. The molecule has 2 aliphatic rings. The molecule has 0 bridgehead atoms. The zero-order valence-electron chi connectivity index (χ0n) is 13.3. The summed E-state index contributed by atoms with van der Waals surface area (Å²) in [7, 11) is 0. The molecule has 0 radical (unpaired) electrons. The number of piperidine rings is 1. The average Bonchev–Trinajstić information content (AvgIpc) is 3.04. The molecule has 120 valence electrons. The fourth-order valence-corrected chi connectivity index (χ4v) is 3.39. The molecule has 0 spiro atoms. The number of hydrogen-bond donors (Lipinski definition) is 1. The van der Waals surface area contributed by atoms with Gasteiger partial charge < -0.3 is 5.32 Å². The predicted octanol–water partition coefficient (Wildman–Crippen LogP) is 4.05. The van der Waals surface area contributed by atoms with Crippen LogP contribution in [0.5, 0.6) is 0 Å². The summed E-state index contributed by atoms with van der Waals surface area (Å²) in [5.41, 5.74) is 2.12. The van der Waals surface area contributed by atoms with Crippen LogP contribution in [0.15, 0.2) is 6.07 Å². The van der Waals surface area contributed by atoms with Gasteiger partial charge in [-0.05, 0) is 45.3 Å². The van der Waals surface area contributed by atoms with Crippen LogP contribution in [0.4, 0.5) is 8.78 Å². The number of rotatable bonds is 2. The highest BCUT2D eigenvalue weighted by Crippen LogP contribution is 2.43. The van der Waals surface area contributed by atoms with E-state index in [1.54, 1.807) is 0 Å². The van der Waals surface area contributed by atoms with Gasteiger partial charge in [0.05, 0.1) is 11.7 Å². The van der Waals surface area contributed by atoms with Gasteiger partial charge in [-0.1, -0.05) is 13.8 Å². The monoisotopic (exact) mass is 299 g/mol. The van der Waals surface area contributed by atoms with Gasteiger partial charge in [-0.2, -0.15) is 5.10 Å². The summed E-state index contributed by atoms with van der Waals surface area (Å²) in [6.45, 7) is 7.97. The Balaban J connectivity index is 0.000000774. The lowest BCUT2D eigenvalue weighted by Crippen LogP contribution is -2.28. The molecule has 1 atom stereocenters. The van der Waals surface area contributed by atoms with Crippen LogP contribution in [0.3, 0.4) is 0 Å². The number of hydrogen-bond acceptors (Lipinski definition) is 2. The first-order valence-electron chi connectivity index (χ1n) is 8.20. The molecule has 1 aliphatic carbocycles. The van der Waals surface area contributed by atoms with E-state index in [0.29, 0.717) is 12.3 Å². The van der Waals surface area contributed by atoms with Gasteiger partial charge >= 0.3 is 0 Å². The maximum absolute atomic E-state index is 13.4. The first-order valence-corrected chi connectivity index (χ1v) is 8.20. The van der Waals surface area contributed by atoms with Crippen LogP contribution >= 0.6 is 0 Å². The molecule has 0 aromatic carbocycles. The van der Waals surface area contributed by atoms with Crippen molar-refractivity contribution in [3.63, 3.8) is 0 Å². The molecule has 2 fully saturated rings. The minimum Gasteiger partial charge on any atom is -0.317 e. The van der Waals surface area contributed by atoms with Gasteiger partial charge in [0, 0.05) is 24.5 Å². The largest absolute Gasteiger partial charge is 0.317 e. The zero-order chi connectivity index (χ0) is 15.5. The van der Waals surface area contributed by atoms with Gasteiger partial charge in [0.15, 0.2) is 0 Å². The van der Waals surface area contributed by atoms with E-state index in [4.69, 9.17) is 0 Å². The lowest BCUT2D eigenvalue weighted by atomic mass is 9.94. The first-order chi connectivity index (χ1) is 10.1. The van der Waals surface area contributed by atoms with E-state index in [2.05, 4.69) is 16.5 Å². The smallest absolute Gasteiger partial charge is 0.250 e. The SMILES string of the molecule is CC.Cc1cc(C2CCNCC2)n(C2CCC(F)(F)C2)n1. The standard InChI is InChI=1S/C14H21F2N3.C2H6/c1-10-8-13(11-3-6-17-7-4-11)19(18-10)12-2-5-14(15,16)9-12;1-2/h8,11-12,17H,2-7,9H2,1H3;1-2H3. The van der Waals surface area contributed by atoms with Crippen LogP contribution in [-0.2, 0) is 0 Å². The van der Waals surface area contributed by atoms with E-state index in [-0.39, 0.29) is 18.9 Å². The normalized spacial score (nSPS) is 25.5. The molecule has 21 heavy (non-hydrogen) atoms. The molecule has 1 aliphatic heterocycles. The van der Waals surface area contributed by atoms with Crippen LogP contribution in [0.25, 0.3) is 0 Å². The summed E-state index contributed by atoms with van der Waals surface area (Å²) in [5, 5.41) is 7.84. The van der Waals surface area contributed by atoms with E-state index in [9.17, 15) is 8.78 Å². The summed E-state index contributed by atoms with van der Waals surface area (Å²) in [5.74, 6) is -2.03.